The van der Waals surface area contributed by atoms with Crippen molar-refractivity contribution in [2.45, 2.75) is 218 Å². The van der Waals surface area contributed by atoms with Gasteiger partial charge in [-0.2, -0.15) is 0 Å². The number of fused-ring (bicyclic) bond motifs is 2. The third-order valence-electron chi connectivity index (χ3n) is 18.3. The molecule has 110 heavy (non-hydrogen) atoms. The summed E-state index contributed by atoms with van der Waals surface area (Å²) < 4.78 is 0. The van der Waals surface area contributed by atoms with Crippen LogP contribution in [-0.2, 0) is 72.0 Å². The standard InChI is InChI=1S/C76H117N21O13/c1-42(2)34-59(94-65(100)52(79)38-47-40-86-53-20-10-8-18-50(47)53)69(104)88-45(7)64(99)93-63(39-48-41-87-54-21-11-9-19-51(48)54)73(108)96-61(36-44(5)6)71(106)97-62(37-46-26-28-49(98)29-27-46)72(107)95-60(35-43(3)4)70(105)91-57(24-16-32-84-75(80)81)67(102)89-55(22-12-14-30-77)66(101)90-56(23-13-15-31-78)68(103)92-58(74(109)110)25-17-33-85-76(82)83/h8-11,18-21,26-29,40-45,52,55-63,86-87,98H,12-17,22-25,30-39,77-79H2,1-7H3,(H,88,104)(H,89,102)(H,90,101)(H,91,105)(H,92,103)(H,93,99)(H,94,100)(H,95,107)(H,96,108)(H,97,106)(H,109,110)(H4,80,81,84)(H4,82,83,85)/t45-,52-,55-,56-,57-,58-,59-,60-,61-,62-,63-/m0/s1. The molecule has 0 unspecified atom stereocenters. The molecule has 5 rings (SSSR count). The molecule has 0 bridgehead atoms. The van der Waals surface area contributed by atoms with Crippen molar-refractivity contribution in [3.63, 3.8) is 0 Å². The molecule has 0 radical (unpaired) electrons. The first-order valence-corrected chi connectivity index (χ1v) is 37.7. The van der Waals surface area contributed by atoms with Gasteiger partial charge in [-0.3, -0.25) is 57.9 Å². The van der Waals surface area contributed by atoms with E-state index < -0.39 is 132 Å². The quantitative estimate of drug-likeness (QED) is 0.0140. The molecule has 11 atom stereocenters. The minimum absolute atomic E-state index is 0.00184. The maximum atomic E-state index is 15.1. The molecule has 5 aromatic rings. The number of aliphatic imine (C=N–C) groups is 2. The Morgan fingerprint density at radius 2 is 0.727 bits per heavy atom. The van der Waals surface area contributed by atoms with Gasteiger partial charge < -0.3 is 113 Å². The Labute approximate surface area is 641 Å². The number of phenolic OH excluding ortho intramolecular Hbond substituents is 1. The average Bonchev–Trinajstić information content (AvgIpc) is 1.63. The minimum atomic E-state index is -1.49. The van der Waals surface area contributed by atoms with Crippen LogP contribution in [0, 0.1) is 17.8 Å². The molecule has 0 aliphatic heterocycles. The van der Waals surface area contributed by atoms with Crippen LogP contribution in [0.2, 0.25) is 0 Å². The first kappa shape index (κ1) is 89.8. The first-order valence-electron chi connectivity index (χ1n) is 37.7. The van der Waals surface area contributed by atoms with Crippen LogP contribution in [0.15, 0.2) is 95.2 Å². The molecule has 28 N–H and O–H groups in total. The molecule has 0 aliphatic carbocycles. The van der Waals surface area contributed by atoms with E-state index >= 15 is 14.4 Å². The van der Waals surface area contributed by atoms with Gasteiger partial charge in [0.25, 0.3) is 0 Å². The van der Waals surface area contributed by atoms with E-state index in [-0.39, 0.29) is 139 Å². The largest absolute Gasteiger partial charge is 0.508 e. The second kappa shape index (κ2) is 45.8. The molecule has 2 heterocycles. The number of carboxylic acids is 1. The zero-order valence-electron chi connectivity index (χ0n) is 64.1. The van der Waals surface area contributed by atoms with Crippen LogP contribution in [-0.4, -0.2) is 190 Å². The smallest absolute Gasteiger partial charge is 0.326 e. The second-order valence-electron chi connectivity index (χ2n) is 29.1. The normalized spacial score (nSPS) is 14.4. The number of para-hydroxylation sites is 2. The summed E-state index contributed by atoms with van der Waals surface area (Å²) in [6, 6.07) is 6.13. The van der Waals surface area contributed by atoms with E-state index in [0.29, 0.717) is 36.8 Å². The number of phenols is 1. The lowest BCUT2D eigenvalue weighted by atomic mass is 9.98. The van der Waals surface area contributed by atoms with Crippen LogP contribution in [0.3, 0.4) is 0 Å². The molecule has 0 aliphatic rings. The van der Waals surface area contributed by atoms with Gasteiger partial charge in [-0.25, -0.2) is 4.79 Å². The number of unbranched alkanes of at least 4 members (excludes halogenated alkanes) is 2. The van der Waals surface area contributed by atoms with Gasteiger partial charge in [0.15, 0.2) is 11.9 Å². The fourth-order valence-corrected chi connectivity index (χ4v) is 12.5. The molecular formula is C76H117N21O13. The van der Waals surface area contributed by atoms with E-state index in [0.717, 1.165) is 27.4 Å². The number of amides is 10. The SMILES string of the molecule is CC(C)C[C@H](NC(=O)[C@H](Cc1c[nH]c2ccccc12)NC(=O)[C@H](C)NC(=O)[C@H](CC(C)C)NC(=O)[C@@H](N)Cc1c[nH]c2ccccc12)C(=O)N[C@@H](Cc1ccc(O)cc1)C(=O)N[C@@H](CC(C)C)C(=O)N[C@@H](CCCN=C(N)N)C(=O)N[C@@H](CCCCN)C(=O)N[C@@H](CCCCN)C(=O)N[C@@H](CCCN=C(N)N)C(=O)O. The number of aromatic amines is 2. The molecule has 0 saturated heterocycles. The first-order chi connectivity index (χ1) is 52.3. The van der Waals surface area contributed by atoms with Crippen molar-refractivity contribution in [2.24, 2.45) is 67.9 Å². The van der Waals surface area contributed by atoms with E-state index in [1.807, 2.05) is 56.3 Å². The topological polar surface area (TPSA) is 587 Å². The van der Waals surface area contributed by atoms with Gasteiger partial charge in [-0.15, -0.1) is 0 Å². The number of carbonyl (C=O) groups is 11. The number of nitrogens with two attached hydrogens (primary N) is 7. The number of H-pyrrole nitrogens is 2. The van der Waals surface area contributed by atoms with Crippen LogP contribution in [0.1, 0.15) is 149 Å². The van der Waals surface area contributed by atoms with Crippen LogP contribution in [0.5, 0.6) is 5.75 Å². The molecule has 0 spiro atoms. The van der Waals surface area contributed by atoms with Crippen molar-refractivity contribution in [1.82, 2.24) is 63.1 Å². The van der Waals surface area contributed by atoms with E-state index in [2.05, 4.69) is 73.1 Å². The van der Waals surface area contributed by atoms with Crippen LogP contribution >= 0.6 is 0 Å². The number of benzene rings is 3. The van der Waals surface area contributed by atoms with Crippen molar-refractivity contribution in [3.8, 4) is 5.75 Å². The van der Waals surface area contributed by atoms with E-state index in [4.69, 9.17) is 40.1 Å². The Morgan fingerprint density at radius 3 is 1.15 bits per heavy atom. The summed E-state index contributed by atoms with van der Waals surface area (Å²) in [6.45, 7) is 12.9. The number of hydrogen-bond acceptors (Lipinski definition) is 17. The number of aliphatic carboxylic acids is 1. The zero-order chi connectivity index (χ0) is 81.1. The van der Waals surface area contributed by atoms with Crippen molar-refractivity contribution in [1.29, 1.82) is 0 Å². The van der Waals surface area contributed by atoms with Gasteiger partial charge in [0, 0.05) is 60.1 Å². The third kappa shape index (κ3) is 30.6. The van der Waals surface area contributed by atoms with Crippen LogP contribution in [0.25, 0.3) is 21.8 Å². The maximum Gasteiger partial charge on any atom is 0.326 e. The lowest BCUT2D eigenvalue weighted by Gasteiger charge is -2.29. The van der Waals surface area contributed by atoms with Gasteiger partial charge in [-0.1, -0.05) is 90.1 Å². The highest BCUT2D eigenvalue weighted by molar-refractivity contribution is 6.00. The molecule has 2 aromatic heterocycles. The summed E-state index contributed by atoms with van der Waals surface area (Å²) in [5, 5.41) is 49.3. The number of aromatic hydroxyl groups is 1. The molecule has 3 aromatic carbocycles. The highest BCUT2D eigenvalue weighted by Crippen LogP contribution is 2.23. The molecule has 0 fully saturated rings. The van der Waals surface area contributed by atoms with Crippen LogP contribution in [0.4, 0.5) is 0 Å². The molecular weight excluding hydrogens is 1410 g/mol. The van der Waals surface area contributed by atoms with Gasteiger partial charge in [0.2, 0.25) is 59.1 Å². The Balaban J connectivity index is 1.41. The fourth-order valence-electron chi connectivity index (χ4n) is 12.5. The number of rotatable bonds is 49. The molecule has 0 saturated carbocycles. The third-order valence-corrected chi connectivity index (χ3v) is 18.3. The summed E-state index contributed by atoms with van der Waals surface area (Å²) in [5.74, 6) is -10.4. The van der Waals surface area contributed by atoms with E-state index in [1.54, 1.807) is 46.2 Å². The van der Waals surface area contributed by atoms with Gasteiger partial charge in [0.1, 0.15) is 66.2 Å². The highest BCUT2D eigenvalue weighted by Gasteiger charge is 2.37. The van der Waals surface area contributed by atoms with Crippen molar-refractivity contribution in [3.05, 3.63) is 102 Å². The summed E-state index contributed by atoms with van der Waals surface area (Å²) in [6.07, 6.45) is 5.16. The monoisotopic (exact) mass is 1530 g/mol. The lowest BCUT2D eigenvalue weighted by molar-refractivity contribution is -0.142. The summed E-state index contributed by atoms with van der Waals surface area (Å²) in [7, 11) is 0. The van der Waals surface area contributed by atoms with Gasteiger partial charge in [0.05, 0.1) is 6.04 Å². The maximum absolute atomic E-state index is 15.1. The fraction of sp³-hybridized carbons (Fsp3) is 0.539. The number of nitrogens with one attached hydrogen (secondary N) is 12. The van der Waals surface area contributed by atoms with Gasteiger partial charge >= 0.3 is 5.97 Å². The van der Waals surface area contributed by atoms with E-state index in [1.165, 1.54) is 31.2 Å². The zero-order valence-corrected chi connectivity index (χ0v) is 64.1. The Kier molecular flexibility index (Phi) is 37.4. The number of carbonyl (C=O) groups excluding carboxylic acids is 10. The molecule has 34 nitrogen and oxygen atoms in total. The summed E-state index contributed by atoms with van der Waals surface area (Å²) in [4.78, 5) is 172. The number of aromatic nitrogens is 2. The highest BCUT2D eigenvalue weighted by atomic mass is 16.4. The molecule has 10 amide bonds. The van der Waals surface area contributed by atoms with Crippen LogP contribution < -0.4 is 93.3 Å². The molecule has 34 heteroatoms. The lowest BCUT2D eigenvalue weighted by Crippen LogP contribution is -2.61. The predicted octanol–water partition coefficient (Wildman–Crippen LogP) is 0.166. The van der Waals surface area contributed by atoms with Gasteiger partial charge in [-0.05, 0) is 169 Å². The van der Waals surface area contributed by atoms with E-state index in [9.17, 15) is 48.6 Å². The van der Waals surface area contributed by atoms with Crippen molar-refractivity contribution >= 4 is 98.8 Å². The predicted molar refractivity (Wildman–Crippen MR) is 420 cm³/mol. The van der Waals surface area contributed by atoms with Crippen molar-refractivity contribution in [2.75, 3.05) is 26.2 Å². The Morgan fingerprint density at radius 1 is 0.391 bits per heavy atom. The number of guanidine groups is 2. The number of hydrogen-bond donors (Lipinski definition) is 21. The number of carboxylic acid groups (broad SMARTS) is 1. The Bertz CT molecular complexity index is 3910. The number of nitrogens with zero attached hydrogens (tertiary/aromatic N) is 2. The summed E-state index contributed by atoms with van der Waals surface area (Å²) >= 11 is 0. The average molecular weight is 1530 g/mol. The van der Waals surface area contributed by atoms with Crippen molar-refractivity contribution < 1.29 is 63.0 Å². The summed E-state index contributed by atoms with van der Waals surface area (Å²) in [5.41, 5.74) is 43.7. The minimum Gasteiger partial charge on any atom is -0.508 e. The second-order valence-corrected chi connectivity index (χ2v) is 29.1. The molecule has 604 valence electrons. The Hall–Kier alpha value is -10.9.